The summed E-state index contributed by atoms with van der Waals surface area (Å²) in [7, 11) is -6.78. The largest absolute Gasteiger partial charge is 0.243 e. The summed E-state index contributed by atoms with van der Waals surface area (Å²) >= 11 is 0. The van der Waals surface area contributed by atoms with E-state index in [0.29, 0.717) is 13.0 Å². The van der Waals surface area contributed by atoms with Crippen LogP contribution in [0.4, 0.5) is 0 Å². The van der Waals surface area contributed by atoms with Gasteiger partial charge in [-0.2, -0.15) is 4.31 Å². The minimum Gasteiger partial charge on any atom is -0.229 e. The molecular weight excluding hydrogens is 322 g/mol. The van der Waals surface area contributed by atoms with Crippen LogP contribution in [0.3, 0.4) is 0 Å². The molecule has 1 aromatic carbocycles. The number of unbranched alkanes of at least 4 members (excludes halogenated alkanes) is 1. The van der Waals surface area contributed by atoms with E-state index in [1.807, 2.05) is 13.8 Å². The first-order valence-corrected chi connectivity index (χ1v) is 10.8. The van der Waals surface area contributed by atoms with E-state index < -0.39 is 25.9 Å². The van der Waals surface area contributed by atoms with Crippen molar-refractivity contribution < 1.29 is 16.8 Å². The maximum Gasteiger partial charge on any atom is 0.243 e. The molecule has 0 N–H and O–H groups in total. The minimum absolute atomic E-state index is 0.0677. The predicted molar refractivity (Wildman–Crippen MR) is 87.0 cm³/mol. The van der Waals surface area contributed by atoms with Gasteiger partial charge in [0.2, 0.25) is 10.0 Å². The fourth-order valence-electron chi connectivity index (χ4n) is 2.66. The Morgan fingerprint density at radius 1 is 1.23 bits per heavy atom. The van der Waals surface area contributed by atoms with Gasteiger partial charge in [0.25, 0.3) is 0 Å². The lowest BCUT2D eigenvalue weighted by molar-refractivity contribution is 0.335. The Morgan fingerprint density at radius 2 is 1.86 bits per heavy atom. The summed E-state index contributed by atoms with van der Waals surface area (Å²) in [6, 6.07) is 6.26. The van der Waals surface area contributed by atoms with Gasteiger partial charge < -0.3 is 0 Å². The normalized spacial score (nSPS) is 21.3. The maximum absolute atomic E-state index is 12.9. The summed E-state index contributed by atoms with van der Waals surface area (Å²) in [4.78, 5) is 0.235. The van der Waals surface area contributed by atoms with Crippen molar-refractivity contribution in [3.63, 3.8) is 0 Å². The van der Waals surface area contributed by atoms with Gasteiger partial charge in [-0.05, 0) is 31.9 Å². The molecule has 1 saturated heterocycles. The molecule has 0 aliphatic carbocycles. The molecule has 124 valence electrons. The maximum atomic E-state index is 12.9. The van der Waals surface area contributed by atoms with Gasteiger partial charge in [-0.3, -0.25) is 0 Å². The van der Waals surface area contributed by atoms with Crippen LogP contribution in [-0.2, 0) is 19.9 Å². The van der Waals surface area contributed by atoms with E-state index in [9.17, 15) is 16.8 Å². The third-order valence-corrected chi connectivity index (χ3v) is 7.69. The molecule has 1 aliphatic rings. The zero-order valence-corrected chi connectivity index (χ0v) is 14.7. The Labute approximate surface area is 133 Å². The lowest BCUT2D eigenvalue weighted by Crippen LogP contribution is -2.41. The van der Waals surface area contributed by atoms with Crippen LogP contribution in [0.1, 0.15) is 31.7 Å². The molecule has 5 nitrogen and oxygen atoms in total. The van der Waals surface area contributed by atoms with Crippen LogP contribution in [0.5, 0.6) is 0 Å². The lowest BCUT2D eigenvalue weighted by Gasteiger charge is -2.27. The topological polar surface area (TPSA) is 71.5 Å². The standard InChI is InChI=1S/C15H23NO4S2/c1-3-4-10-16(14-9-11-21(17,18)12-14)22(19,20)15-7-5-13(2)6-8-15/h5-8,14H,3-4,9-12H2,1-2H3/t14-/m0/s1. The van der Waals surface area contributed by atoms with Crippen molar-refractivity contribution in [2.45, 2.75) is 44.0 Å². The van der Waals surface area contributed by atoms with Crippen LogP contribution in [0.25, 0.3) is 0 Å². The van der Waals surface area contributed by atoms with Gasteiger partial charge in [0.15, 0.2) is 9.84 Å². The van der Waals surface area contributed by atoms with Crippen molar-refractivity contribution in [2.24, 2.45) is 0 Å². The molecule has 1 heterocycles. The van der Waals surface area contributed by atoms with Crippen LogP contribution < -0.4 is 0 Å². The van der Waals surface area contributed by atoms with Gasteiger partial charge in [0.05, 0.1) is 16.4 Å². The summed E-state index contributed by atoms with van der Waals surface area (Å²) in [5.41, 5.74) is 0.988. The predicted octanol–water partition coefficient (Wildman–Crippen LogP) is 1.97. The van der Waals surface area contributed by atoms with Crippen molar-refractivity contribution >= 4 is 19.9 Å². The molecule has 1 aromatic rings. The summed E-state index contributed by atoms with van der Waals surface area (Å²) < 4.78 is 50.6. The van der Waals surface area contributed by atoms with Crippen molar-refractivity contribution in [3.8, 4) is 0 Å². The quantitative estimate of drug-likeness (QED) is 0.790. The molecule has 1 atom stereocenters. The molecule has 0 spiro atoms. The van der Waals surface area contributed by atoms with E-state index >= 15 is 0 Å². The highest BCUT2D eigenvalue weighted by atomic mass is 32.2. The average Bonchev–Trinajstić information content (AvgIpc) is 2.79. The highest BCUT2D eigenvalue weighted by Crippen LogP contribution is 2.25. The molecule has 0 saturated carbocycles. The molecule has 7 heteroatoms. The molecule has 1 fully saturated rings. The Hall–Kier alpha value is -0.920. The Bertz CT molecular complexity index is 708. The highest BCUT2D eigenvalue weighted by Gasteiger charge is 2.38. The third kappa shape index (κ3) is 3.88. The fraction of sp³-hybridized carbons (Fsp3) is 0.600. The van der Waals surface area contributed by atoms with Gasteiger partial charge >= 0.3 is 0 Å². The van der Waals surface area contributed by atoms with Crippen molar-refractivity contribution in [1.29, 1.82) is 0 Å². The molecule has 22 heavy (non-hydrogen) atoms. The first-order chi connectivity index (χ1) is 10.3. The average molecular weight is 345 g/mol. The van der Waals surface area contributed by atoms with Crippen LogP contribution in [0.2, 0.25) is 0 Å². The van der Waals surface area contributed by atoms with Crippen molar-refractivity contribution in [1.82, 2.24) is 4.31 Å². The van der Waals surface area contributed by atoms with Gasteiger partial charge in [-0.1, -0.05) is 31.0 Å². The van der Waals surface area contributed by atoms with Crippen molar-refractivity contribution in [2.75, 3.05) is 18.1 Å². The zero-order valence-electron chi connectivity index (χ0n) is 13.0. The molecule has 0 amide bonds. The van der Waals surface area contributed by atoms with Crippen LogP contribution in [0, 0.1) is 6.92 Å². The lowest BCUT2D eigenvalue weighted by atomic mass is 10.2. The van der Waals surface area contributed by atoms with E-state index in [2.05, 4.69) is 0 Å². The number of sulfone groups is 1. The second-order valence-electron chi connectivity index (χ2n) is 5.84. The van der Waals surface area contributed by atoms with E-state index in [-0.39, 0.29) is 16.4 Å². The molecule has 0 bridgehead atoms. The first-order valence-electron chi connectivity index (χ1n) is 7.55. The van der Waals surface area contributed by atoms with Gasteiger partial charge in [-0.25, -0.2) is 16.8 Å². The first kappa shape index (κ1) is 17.4. The summed E-state index contributed by atoms with van der Waals surface area (Å²) in [6.07, 6.45) is 1.97. The van der Waals surface area contributed by atoms with Gasteiger partial charge in [0, 0.05) is 12.6 Å². The Kier molecular flexibility index (Phi) is 5.29. The minimum atomic E-state index is -3.65. The second-order valence-corrected chi connectivity index (χ2v) is 9.96. The summed E-state index contributed by atoms with van der Waals surface area (Å²) in [5.74, 6) is 0.00547. The SMILES string of the molecule is CCCCN([C@H]1CCS(=O)(=O)C1)S(=O)(=O)c1ccc(C)cc1. The number of nitrogens with zero attached hydrogens (tertiary/aromatic N) is 1. The van der Waals surface area contributed by atoms with E-state index in [0.717, 1.165) is 18.4 Å². The molecule has 1 aliphatic heterocycles. The Morgan fingerprint density at radius 3 is 2.36 bits per heavy atom. The molecule has 0 radical (unpaired) electrons. The number of hydrogen-bond acceptors (Lipinski definition) is 4. The third-order valence-electron chi connectivity index (χ3n) is 3.98. The van der Waals surface area contributed by atoms with Gasteiger partial charge in [-0.15, -0.1) is 0 Å². The monoisotopic (exact) mass is 345 g/mol. The molecule has 0 unspecified atom stereocenters. The number of benzene rings is 1. The highest BCUT2D eigenvalue weighted by molar-refractivity contribution is 7.92. The van der Waals surface area contributed by atoms with E-state index in [1.165, 1.54) is 4.31 Å². The van der Waals surface area contributed by atoms with Gasteiger partial charge in [0.1, 0.15) is 0 Å². The van der Waals surface area contributed by atoms with Crippen LogP contribution in [0.15, 0.2) is 29.2 Å². The molecule has 0 aromatic heterocycles. The molecular formula is C15H23NO4S2. The molecule has 2 rings (SSSR count). The smallest absolute Gasteiger partial charge is 0.229 e. The van der Waals surface area contributed by atoms with E-state index in [4.69, 9.17) is 0 Å². The second kappa shape index (κ2) is 6.68. The number of sulfonamides is 1. The van der Waals surface area contributed by atoms with Crippen molar-refractivity contribution in [3.05, 3.63) is 29.8 Å². The fourth-order valence-corrected chi connectivity index (χ4v) is 6.18. The number of rotatable bonds is 6. The number of hydrogen-bond donors (Lipinski definition) is 0. The zero-order chi connectivity index (χ0) is 16.4. The van der Waals surface area contributed by atoms with Crippen LogP contribution >= 0.6 is 0 Å². The number of aryl methyl sites for hydroxylation is 1. The summed E-state index contributed by atoms with van der Waals surface area (Å²) in [6.45, 7) is 4.25. The summed E-state index contributed by atoms with van der Waals surface area (Å²) in [5, 5.41) is 0. The van der Waals surface area contributed by atoms with E-state index in [1.54, 1.807) is 24.3 Å². The van der Waals surface area contributed by atoms with Crippen LogP contribution in [-0.4, -0.2) is 45.2 Å². The Balaban J connectivity index is 2.33.